The average molecular weight is 323 g/mol. The zero-order chi connectivity index (χ0) is 14.9. The van der Waals surface area contributed by atoms with Crippen LogP contribution >= 0.6 is 12.4 Å². The van der Waals surface area contributed by atoms with Gasteiger partial charge in [-0.1, -0.05) is 0 Å². The molecule has 2 aromatic heterocycles. The summed E-state index contributed by atoms with van der Waals surface area (Å²) in [6.45, 7) is 0.595. The minimum absolute atomic E-state index is 0. The van der Waals surface area contributed by atoms with Crippen molar-refractivity contribution in [1.29, 1.82) is 0 Å². The van der Waals surface area contributed by atoms with Crippen LogP contribution in [0.15, 0.2) is 37.1 Å². The number of halogens is 1. The van der Waals surface area contributed by atoms with Gasteiger partial charge in [-0.05, 0) is 43.9 Å². The summed E-state index contributed by atoms with van der Waals surface area (Å²) in [4.78, 5) is 20.0. The lowest BCUT2D eigenvalue weighted by atomic mass is 9.98. The molecule has 0 bridgehead atoms. The Morgan fingerprint density at radius 2 is 2.18 bits per heavy atom. The number of carboxylic acids is 1. The quantitative estimate of drug-likeness (QED) is 0.845. The van der Waals surface area contributed by atoms with Crippen LogP contribution in [0.3, 0.4) is 0 Å². The van der Waals surface area contributed by atoms with Gasteiger partial charge in [0.25, 0.3) is 0 Å². The molecule has 6 nitrogen and oxygen atoms in total. The number of aliphatic carboxylic acids is 1. The minimum Gasteiger partial charge on any atom is -0.481 e. The smallest absolute Gasteiger partial charge is 0.316 e. The van der Waals surface area contributed by atoms with E-state index >= 15 is 0 Å². The minimum atomic E-state index is -0.826. The molecule has 22 heavy (non-hydrogen) atoms. The number of hydrogen-bond donors (Lipinski definition) is 2. The van der Waals surface area contributed by atoms with E-state index in [2.05, 4.69) is 9.97 Å². The molecule has 2 atom stereocenters. The van der Waals surface area contributed by atoms with E-state index in [-0.39, 0.29) is 18.3 Å². The number of nitrogens with zero attached hydrogens (tertiary/aromatic N) is 3. The molecule has 0 spiro atoms. The molecule has 0 saturated heterocycles. The number of imidazole rings is 1. The van der Waals surface area contributed by atoms with E-state index < -0.39 is 11.4 Å². The van der Waals surface area contributed by atoms with Crippen molar-refractivity contribution in [2.75, 3.05) is 6.54 Å². The Labute approximate surface area is 134 Å². The van der Waals surface area contributed by atoms with Gasteiger partial charge in [-0.25, -0.2) is 4.98 Å². The molecule has 3 N–H and O–H groups in total. The SMILES string of the molecule is Cl.NCCCC1CC1(C(=O)O)c1cn(-c2ccncc2)cn1. The van der Waals surface area contributed by atoms with E-state index in [1.807, 2.05) is 22.9 Å². The summed E-state index contributed by atoms with van der Waals surface area (Å²) in [6.07, 6.45) is 9.21. The van der Waals surface area contributed by atoms with E-state index in [9.17, 15) is 9.90 Å². The van der Waals surface area contributed by atoms with Crippen LogP contribution in [0.4, 0.5) is 0 Å². The number of hydrogen-bond acceptors (Lipinski definition) is 4. The standard InChI is InChI=1S/C15H18N4O2.ClH/c16-5-1-2-11-8-15(11,14(20)21)13-9-19(10-18-13)12-3-6-17-7-4-12;/h3-4,6-7,9-11H,1-2,5,8,16H2,(H,20,21);1H. The highest BCUT2D eigenvalue weighted by Crippen LogP contribution is 2.56. The number of carbonyl (C=O) groups is 1. The molecule has 0 aromatic carbocycles. The van der Waals surface area contributed by atoms with E-state index in [1.165, 1.54) is 0 Å². The summed E-state index contributed by atoms with van der Waals surface area (Å²) in [5.41, 5.74) is 6.24. The Kier molecular flexibility index (Phi) is 4.83. The molecule has 0 radical (unpaired) electrons. The van der Waals surface area contributed by atoms with Crippen LogP contribution in [0.5, 0.6) is 0 Å². The molecule has 0 aliphatic heterocycles. The van der Waals surface area contributed by atoms with Gasteiger partial charge in [-0.15, -0.1) is 12.4 Å². The molecule has 0 amide bonds. The van der Waals surface area contributed by atoms with Crippen LogP contribution in [-0.2, 0) is 10.2 Å². The lowest BCUT2D eigenvalue weighted by Gasteiger charge is -2.09. The first-order chi connectivity index (χ1) is 10.2. The zero-order valence-corrected chi connectivity index (χ0v) is 12.9. The topological polar surface area (TPSA) is 94.0 Å². The fraction of sp³-hybridized carbons (Fsp3) is 0.400. The Morgan fingerprint density at radius 1 is 1.45 bits per heavy atom. The summed E-state index contributed by atoms with van der Waals surface area (Å²) in [5, 5.41) is 9.62. The maximum Gasteiger partial charge on any atom is 0.316 e. The highest BCUT2D eigenvalue weighted by molar-refractivity contribution is 5.85. The van der Waals surface area contributed by atoms with Crippen molar-refractivity contribution >= 4 is 18.4 Å². The zero-order valence-electron chi connectivity index (χ0n) is 12.1. The molecule has 3 rings (SSSR count). The molecular formula is C15H19ClN4O2. The Hall–Kier alpha value is -1.92. The van der Waals surface area contributed by atoms with Gasteiger partial charge < -0.3 is 15.4 Å². The van der Waals surface area contributed by atoms with Crippen LogP contribution in [0, 0.1) is 5.92 Å². The van der Waals surface area contributed by atoms with Gasteiger partial charge in [0.05, 0.1) is 12.0 Å². The predicted molar refractivity (Wildman–Crippen MR) is 84.3 cm³/mol. The predicted octanol–water partition coefficient (Wildman–Crippen LogP) is 1.77. The Morgan fingerprint density at radius 3 is 2.82 bits per heavy atom. The van der Waals surface area contributed by atoms with Gasteiger partial charge in [0.1, 0.15) is 5.41 Å². The first kappa shape index (κ1) is 16.5. The van der Waals surface area contributed by atoms with Crippen molar-refractivity contribution in [3.8, 4) is 5.69 Å². The molecule has 1 aliphatic carbocycles. The van der Waals surface area contributed by atoms with Gasteiger partial charge in [-0.3, -0.25) is 9.78 Å². The second-order valence-electron chi connectivity index (χ2n) is 5.48. The maximum absolute atomic E-state index is 11.7. The van der Waals surface area contributed by atoms with Gasteiger partial charge in [-0.2, -0.15) is 0 Å². The van der Waals surface area contributed by atoms with Crippen molar-refractivity contribution in [2.45, 2.75) is 24.7 Å². The maximum atomic E-state index is 11.7. The lowest BCUT2D eigenvalue weighted by Crippen LogP contribution is -2.23. The van der Waals surface area contributed by atoms with E-state index in [4.69, 9.17) is 5.73 Å². The third-order valence-corrected chi connectivity index (χ3v) is 4.24. The van der Waals surface area contributed by atoms with Crippen LogP contribution in [-0.4, -0.2) is 32.2 Å². The first-order valence-corrected chi connectivity index (χ1v) is 7.07. The van der Waals surface area contributed by atoms with E-state index in [0.29, 0.717) is 18.7 Å². The molecule has 1 fully saturated rings. The number of pyridine rings is 1. The number of aromatic nitrogens is 3. The average Bonchev–Trinajstić information content (AvgIpc) is 3.03. The number of carboxylic acid groups (broad SMARTS) is 1. The van der Waals surface area contributed by atoms with Crippen molar-refractivity contribution in [2.24, 2.45) is 11.7 Å². The summed E-state index contributed by atoms with van der Waals surface area (Å²) >= 11 is 0. The Balaban J connectivity index is 0.00000176. The summed E-state index contributed by atoms with van der Waals surface area (Å²) < 4.78 is 1.83. The Bertz CT molecular complexity index is 646. The first-order valence-electron chi connectivity index (χ1n) is 7.07. The van der Waals surface area contributed by atoms with Gasteiger partial charge in [0.15, 0.2) is 0 Å². The molecule has 1 saturated carbocycles. The summed E-state index contributed by atoms with van der Waals surface area (Å²) in [7, 11) is 0. The number of nitrogens with two attached hydrogens (primary N) is 1. The van der Waals surface area contributed by atoms with Crippen molar-refractivity contribution < 1.29 is 9.90 Å². The second kappa shape index (κ2) is 6.46. The van der Waals surface area contributed by atoms with Crippen molar-refractivity contribution in [3.05, 3.63) is 42.7 Å². The number of rotatable bonds is 6. The van der Waals surface area contributed by atoms with Gasteiger partial charge in [0.2, 0.25) is 0 Å². The third-order valence-electron chi connectivity index (χ3n) is 4.24. The highest BCUT2D eigenvalue weighted by Gasteiger charge is 2.62. The largest absolute Gasteiger partial charge is 0.481 e. The fourth-order valence-corrected chi connectivity index (χ4v) is 2.94. The van der Waals surface area contributed by atoms with E-state index in [0.717, 1.165) is 18.5 Å². The molecular weight excluding hydrogens is 304 g/mol. The van der Waals surface area contributed by atoms with Gasteiger partial charge in [0, 0.05) is 24.3 Å². The molecule has 118 valence electrons. The second-order valence-corrected chi connectivity index (χ2v) is 5.48. The molecule has 1 aliphatic rings. The summed E-state index contributed by atoms with van der Waals surface area (Å²) in [6, 6.07) is 3.72. The normalized spacial score (nSPS) is 22.9. The van der Waals surface area contributed by atoms with Crippen LogP contribution in [0.1, 0.15) is 25.0 Å². The van der Waals surface area contributed by atoms with Crippen molar-refractivity contribution in [1.82, 2.24) is 14.5 Å². The van der Waals surface area contributed by atoms with Crippen LogP contribution in [0.25, 0.3) is 5.69 Å². The fourth-order valence-electron chi connectivity index (χ4n) is 2.94. The highest BCUT2D eigenvalue weighted by atomic mass is 35.5. The lowest BCUT2D eigenvalue weighted by molar-refractivity contribution is -0.140. The van der Waals surface area contributed by atoms with Crippen molar-refractivity contribution in [3.63, 3.8) is 0 Å². The van der Waals surface area contributed by atoms with Crippen LogP contribution < -0.4 is 5.73 Å². The molecule has 7 heteroatoms. The van der Waals surface area contributed by atoms with Gasteiger partial charge >= 0.3 is 5.97 Å². The molecule has 2 aromatic rings. The third kappa shape index (κ3) is 2.71. The van der Waals surface area contributed by atoms with Crippen LogP contribution in [0.2, 0.25) is 0 Å². The summed E-state index contributed by atoms with van der Waals surface area (Å²) in [5.74, 6) is -0.649. The monoisotopic (exact) mass is 322 g/mol. The molecule has 2 unspecified atom stereocenters. The van der Waals surface area contributed by atoms with E-state index in [1.54, 1.807) is 18.7 Å². The molecule has 2 heterocycles.